The van der Waals surface area contributed by atoms with Crippen molar-refractivity contribution >= 4 is 11.4 Å². The average Bonchev–Trinajstić information content (AvgIpc) is 2.25. The van der Waals surface area contributed by atoms with Crippen molar-refractivity contribution in [2.45, 2.75) is 0 Å². The molecule has 6 heteroatoms. The van der Waals surface area contributed by atoms with E-state index in [4.69, 9.17) is 15.9 Å². The molecule has 0 spiro atoms. The molecule has 0 fully saturated rings. The molecular weight excluding hydrogens is 218 g/mol. The molecule has 16 heavy (non-hydrogen) atoms. The Hall–Kier alpha value is -1.40. The summed E-state index contributed by atoms with van der Waals surface area (Å²) in [5.74, 6) is -2.08. The Labute approximate surface area is 91.9 Å². The Morgan fingerprint density at radius 3 is 2.19 bits per heavy atom. The van der Waals surface area contributed by atoms with Crippen LogP contribution >= 0.6 is 0 Å². The molecule has 0 radical (unpaired) electrons. The molecule has 0 aliphatic rings. The van der Waals surface area contributed by atoms with Gasteiger partial charge >= 0.3 is 0 Å². The quantitative estimate of drug-likeness (QED) is 0.640. The number of halogens is 2. The monoisotopic (exact) mass is 232 g/mol. The summed E-state index contributed by atoms with van der Waals surface area (Å²) in [5.41, 5.74) is 5.49. The van der Waals surface area contributed by atoms with Crippen molar-refractivity contribution in [3.05, 3.63) is 23.8 Å². The molecule has 0 aliphatic heterocycles. The van der Waals surface area contributed by atoms with Crippen LogP contribution in [0.4, 0.5) is 20.2 Å². The van der Waals surface area contributed by atoms with E-state index in [-0.39, 0.29) is 37.7 Å². The fraction of sp³-hybridized carbons (Fsp3) is 0.400. The van der Waals surface area contributed by atoms with E-state index in [2.05, 4.69) is 0 Å². The van der Waals surface area contributed by atoms with E-state index >= 15 is 0 Å². The third-order valence-electron chi connectivity index (χ3n) is 2.16. The lowest BCUT2D eigenvalue weighted by molar-refractivity contribution is 0.280. The van der Waals surface area contributed by atoms with Gasteiger partial charge in [0.05, 0.1) is 24.6 Å². The van der Waals surface area contributed by atoms with Crippen molar-refractivity contribution < 1.29 is 19.0 Å². The van der Waals surface area contributed by atoms with Gasteiger partial charge in [-0.05, 0) is 12.1 Å². The Balaban J connectivity index is 3.11. The van der Waals surface area contributed by atoms with Crippen LogP contribution in [0.2, 0.25) is 0 Å². The molecule has 0 atom stereocenters. The number of aliphatic hydroxyl groups excluding tert-OH is 2. The van der Waals surface area contributed by atoms with Crippen LogP contribution in [0, 0.1) is 11.6 Å². The largest absolute Gasteiger partial charge is 0.397 e. The van der Waals surface area contributed by atoms with Crippen molar-refractivity contribution in [1.29, 1.82) is 0 Å². The van der Waals surface area contributed by atoms with Crippen molar-refractivity contribution in [2.75, 3.05) is 36.9 Å². The highest BCUT2D eigenvalue weighted by molar-refractivity contribution is 5.68. The first-order valence-corrected chi connectivity index (χ1v) is 4.82. The van der Waals surface area contributed by atoms with E-state index in [1.165, 1.54) is 11.0 Å². The van der Waals surface area contributed by atoms with E-state index in [0.29, 0.717) is 0 Å². The lowest BCUT2D eigenvalue weighted by Crippen LogP contribution is -2.31. The van der Waals surface area contributed by atoms with Gasteiger partial charge in [-0.1, -0.05) is 0 Å². The lowest BCUT2D eigenvalue weighted by Gasteiger charge is -2.24. The first-order valence-electron chi connectivity index (χ1n) is 4.82. The summed E-state index contributed by atoms with van der Waals surface area (Å²) in [7, 11) is 0. The van der Waals surface area contributed by atoms with Crippen LogP contribution in [0.5, 0.6) is 0 Å². The van der Waals surface area contributed by atoms with Gasteiger partial charge in [0, 0.05) is 13.1 Å². The maximum absolute atomic E-state index is 13.5. The molecule has 1 aromatic carbocycles. The fourth-order valence-corrected chi connectivity index (χ4v) is 1.45. The molecular formula is C10H14F2N2O2. The van der Waals surface area contributed by atoms with Gasteiger partial charge < -0.3 is 20.8 Å². The van der Waals surface area contributed by atoms with E-state index in [0.717, 1.165) is 6.07 Å². The highest BCUT2D eigenvalue weighted by Crippen LogP contribution is 2.28. The number of nitrogens with two attached hydrogens (primary N) is 1. The van der Waals surface area contributed by atoms with Gasteiger partial charge in [0.25, 0.3) is 0 Å². The topological polar surface area (TPSA) is 69.7 Å². The van der Waals surface area contributed by atoms with Crippen molar-refractivity contribution in [3.8, 4) is 0 Å². The lowest BCUT2D eigenvalue weighted by atomic mass is 10.2. The normalized spacial score (nSPS) is 10.5. The zero-order chi connectivity index (χ0) is 12.1. The van der Waals surface area contributed by atoms with Crippen molar-refractivity contribution in [3.63, 3.8) is 0 Å². The maximum atomic E-state index is 13.5. The second-order valence-corrected chi connectivity index (χ2v) is 3.23. The average molecular weight is 232 g/mol. The number of aliphatic hydroxyl groups is 2. The standard InChI is InChI=1S/C10H14F2N2O2/c11-7-1-2-8(13)10(9(7)12)14(3-5-15)4-6-16/h1-2,15-16H,3-6,13H2. The third kappa shape index (κ3) is 2.59. The molecule has 90 valence electrons. The Morgan fingerprint density at radius 2 is 1.69 bits per heavy atom. The molecule has 0 aromatic heterocycles. The molecule has 4 nitrogen and oxygen atoms in total. The Kier molecular flexibility index (Phi) is 4.45. The summed E-state index contributed by atoms with van der Waals surface area (Å²) in [4.78, 5) is 1.30. The van der Waals surface area contributed by atoms with Gasteiger partial charge in [-0.15, -0.1) is 0 Å². The minimum absolute atomic E-state index is 0.0702. The molecule has 0 saturated carbocycles. The molecule has 0 saturated heterocycles. The minimum Gasteiger partial charge on any atom is -0.397 e. The SMILES string of the molecule is Nc1ccc(F)c(F)c1N(CCO)CCO. The van der Waals surface area contributed by atoms with E-state index in [1.807, 2.05) is 0 Å². The summed E-state index contributed by atoms with van der Waals surface area (Å²) < 4.78 is 26.5. The van der Waals surface area contributed by atoms with Crippen molar-refractivity contribution in [2.24, 2.45) is 0 Å². The maximum Gasteiger partial charge on any atom is 0.184 e. The third-order valence-corrected chi connectivity index (χ3v) is 2.16. The smallest absolute Gasteiger partial charge is 0.184 e. The fourth-order valence-electron chi connectivity index (χ4n) is 1.45. The van der Waals surface area contributed by atoms with Crippen molar-refractivity contribution in [1.82, 2.24) is 0 Å². The number of nitrogens with zero attached hydrogens (tertiary/aromatic N) is 1. The Morgan fingerprint density at radius 1 is 1.12 bits per heavy atom. The Bertz CT molecular complexity index is 355. The minimum atomic E-state index is -1.07. The van der Waals surface area contributed by atoms with Crippen LogP contribution in [0.1, 0.15) is 0 Å². The van der Waals surface area contributed by atoms with Crippen LogP contribution in [0.3, 0.4) is 0 Å². The predicted molar refractivity (Wildman–Crippen MR) is 57.2 cm³/mol. The number of rotatable bonds is 5. The summed E-state index contributed by atoms with van der Waals surface area (Å²) in [6.07, 6.45) is 0. The molecule has 1 aromatic rings. The summed E-state index contributed by atoms with van der Waals surface area (Å²) in [6, 6.07) is 2.18. The molecule has 0 bridgehead atoms. The summed E-state index contributed by atoms with van der Waals surface area (Å²) in [6.45, 7) is -0.332. The van der Waals surface area contributed by atoms with Gasteiger partial charge in [-0.3, -0.25) is 0 Å². The summed E-state index contributed by atoms with van der Waals surface area (Å²) >= 11 is 0. The van der Waals surface area contributed by atoms with Crippen LogP contribution in [-0.2, 0) is 0 Å². The van der Waals surface area contributed by atoms with E-state index in [9.17, 15) is 8.78 Å². The number of hydrogen-bond donors (Lipinski definition) is 3. The van der Waals surface area contributed by atoms with E-state index in [1.54, 1.807) is 0 Å². The number of nitrogen functional groups attached to an aromatic ring is 1. The van der Waals surface area contributed by atoms with Gasteiger partial charge in [0.2, 0.25) is 0 Å². The van der Waals surface area contributed by atoms with Gasteiger partial charge in [0.15, 0.2) is 11.6 Å². The predicted octanol–water partition coefficient (Wildman–Crippen LogP) is 0.338. The first kappa shape index (κ1) is 12.7. The van der Waals surface area contributed by atoms with Gasteiger partial charge in [-0.2, -0.15) is 0 Å². The number of hydrogen-bond acceptors (Lipinski definition) is 4. The molecule has 0 amide bonds. The van der Waals surface area contributed by atoms with Crippen LogP contribution in [-0.4, -0.2) is 36.5 Å². The van der Waals surface area contributed by atoms with Gasteiger partial charge in [0.1, 0.15) is 0 Å². The van der Waals surface area contributed by atoms with Gasteiger partial charge in [-0.25, -0.2) is 8.78 Å². The van der Waals surface area contributed by atoms with Crippen LogP contribution < -0.4 is 10.6 Å². The van der Waals surface area contributed by atoms with Crippen LogP contribution in [0.25, 0.3) is 0 Å². The second kappa shape index (κ2) is 5.62. The van der Waals surface area contributed by atoms with Crippen LogP contribution in [0.15, 0.2) is 12.1 Å². The molecule has 1 rings (SSSR count). The highest BCUT2D eigenvalue weighted by atomic mass is 19.2. The second-order valence-electron chi connectivity index (χ2n) is 3.23. The molecule has 0 aliphatic carbocycles. The molecule has 0 unspecified atom stereocenters. The zero-order valence-corrected chi connectivity index (χ0v) is 8.66. The first-order chi connectivity index (χ1) is 7.61. The molecule has 0 heterocycles. The summed E-state index contributed by atoms with van der Waals surface area (Å²) in [5, 5.41) is 17.6. The number of benzene rings is 1. The molecule has 4 N–H and O–H groups in total. The zero-order valence-electron chi connectivity index (χ0n) is 8.66. The highest BCUT2D eigenvalue weighted by Gasteiger charge is 2.17. The van der Waals surface area contributed by atoms with E-state index < -0.39 is 11.6 Å². The number of anilines is 2.